The Morgan fingerprint density at radius 1 is 0.793 bits per heavy atom. The lowest BCUT2D eigenvalue weighted by Gasteiger charge is -2.19. The van der Waals surface area contributed by atoms with Gasteiger partial charge in [-0.1, -0.05) is 64.0 Å². The van der Waals surface area contributed by atoms with Gasteiger partial charge in [-0.05, 0) is 32.1 Å². The Morgan fingerprint density at radius 2 is 1.24 bits per heavy atom. The third-order valence-corrected chi connectivity index (χ3v) is 8.22. The summed E-state index contributed by atoms with van der Waals surface area (Å²) in [6, 6.07) is 0. The van der Waals surface area contributed by atoms with Crippen molar-refractivity contribution < 1.29 is 38.2 Å². The monoisotopic (exact) mass is 456 g/mol. The molecule has 0 atom stereocenters. The van der Waals surface area contributed by atoms with Crippen molar-refractivity contribution in [3.8, 4) is 0 Å². The van der Waals surface area contributed by atoms with Crippen LogP contribution >= 0.6 is 15.2 Å². The summed E-state index contributed by atoms with van der Waals surface area (Å²) in [5.41, 5.74) is 0. The molecule has 0 aliphatic heterocycles. The van der Waals surface area contributed by atoms with Gasteiger partial charge in [0.05, 0.1) is 0 Å². The lowest BCUT2D eigenvalue weighted by atomic mass is 10.1. The number of carbonyl (C=O) groups excluding carboxylic acids is 1. The highest BCUT2D eigenvalue weighted by molar-refractivity contribution is 7.70. The van der Waals surface area contributed by atoms with Crippen LogP contribution < -0.4 is 0 Å². The highest BCUT2D eigenvalue weighted by Gasteiger charge is 2.44. The molecule has 0 amide bonds. The number of ether oxygens (including phenoxy) is 1. The van der Waals surface area contributed by atoms with E-state index in [4.69, 9.17) is 19.6 Å². The molecule has 172 valence electrons. The van der Waals surface area contributed by atoms with E-state index in [1.165, 1.54) is 38.5 Å². The molecule has 0 saturated carbocycles. The van der Waals surface area contributed by atoms with E-state index in [1.807, 2.05) is 0 Å². The minimum atomic E-state index is -5.06. The maximum atomic E-state index is 11.6. The summed E-state index contributed by atoms with van der Waals surface area (Å²) in [6.07, 6.45) is 17.8. The number of allylic oxidation sites excluding steroid dienone is 2. The number of esters is 1. The molecule has 0 aromatic carbocycles. The van der Waals surface area contributed by atoms with Gasteiger partial charge in [0.25, 0.3) is 0 Å². The van der Waals surface area contributed by atoms with E-state index in [0.29, 0.717) is 6.42 Å². The van der Waals surface area contributed by atoms with Crippen molar-refractivity contribution in [3.63, 3.8) is 0 Å². The molecule has 0 rings (SSSR count). The van der Waals surface area contributed by atoms with Gasteiger partial charge in [0.1, 0.15) is 6.61 Å². The Kier molecular flexibility index (Phi) is 16.0. The molecule has 4 N–H and O–H groups in total. The van der Waals surface area contributed by atoms with Crippen molar-refractivity contribution in [1.29, 1.82) is 0 Å². The number of carbonyl (C=O) groups is 1. The van der Waals surface area contributed by atoms with Crippen molar-refractivity contribution in [2.75, 3.05) is 6.61 Å². The minimum Gasteiger partial charge on any atom is -0.464 e. The number of hydrogen-bond donors (Lipinski definition) is 4. The summed E-state index contributed by atoms with van der Waals surface area (Å²) in [6.45, 7) is 1.23. The van der Waals surface area contributed by atoms with Crippen molar-refractivity contribution in [1.82, 2.24) is 0 Å². The van der Waals surface area contributed by atoms with Gasteiger partial charge >= 0.3 is 21.2 Å². The third-order valence-electron chi connectivity index (χ3n) is 4.56. The van der Waals surface area contributed by atoms with Crippen LogP contribution in [-0.2, 0) is 18.7 Å². The molecule has 0 aliphatic rings. The fraction of sp³-hybridized carbons (Fsp3) is 0.842. The van der Waals surface area contributed by atoms with Crippen LogP contribution in [-0.4, -0.2) is 37.5 Å². The number of hydrogen-bond acceptors (Lipinski definition) is 4. The molecule has 0 spiro atoms. The topological polar surface area (TPSA) is 141 Å². The zero-order valence-electron chi connectivity index (χ0n) is 17.4. The lowest BCUT2D eigenvalue weighted by molar-refractivity contribution is -0.143. The second-order valence-electron chi connectivity index (χ2n) is 7.32. The quantitative estimate of drug-likeness (QED) is 0.0992. The van der Waals surface area contributed by atoms with Crippen molar-refractivity contribution in [2.45, 2.75) is 95.8 Å². The molecule has 0 saturated heterocycles. The van der Waals surface area contributed by atoms with Gasteiger partial charge < -0.3 is 24.3 Å². The molecule has 29 heavy (non-hydrogen) atoms. The first-order valence-electron chi connectivity index (χ1n) is 10.5. The summed E-state index contributed by atoms with van der Waals surface area (Å²) in [5, 5.41) is -2.30. The largest absolute Gasteiger partial charge is 0.464 e. The molecular formula is C19H38O8P2. The predicted octanol–water partition coefficient (Wildman–Crippen LogP) is 4.86. The van der Waals surface area contributed by atoms with Gasteiger partial charge in [0.2, 0.25) is 0 Å². The first kappa shape index (κ1) is 28.5. The predicted molar refractivity (Wildman–Crippen MR) is 114 cm³/mol. The molecule has 0 bridgehead atoms. The smallest absolute Gasteiger partial charge is 0.344 e. The van der Waals surface area contributed by atoms with Crippen LogP contribution in [0.25, 0.3) is 0 Å². The SMILES string of the molecule is CCCCCCCCC=CCCCCCCC(=O)OCC(P(=O)(O)O)P(=O)(O)O. The average Bonchev–Trinajstić information content (AvgIpc) is 2.59. The van der Waals surface area contributed by atoms with Gasteiger partial charge in [0, 0.05) is 6.42 Å². The van der Waals surface area contributed by atoms with Gasteiger partial charge in [-0.2, -0.15) is 0 Å². The van der Waals surface area contributed by atoms with Crippen molar-refractivity contribution in [2.24, 2.45) is 0 Å². The molecular weight excluding hydrogens is 418 g/mol. The van der Waals surface area contributed by atoms with Crippen LogP contribution in [0.1, 0.15) is 90.4 Å². The van der Waals surface area contributed by atoms with Crippen molar-refractivity contribution in [3.05, 3.63) is 12.2 Å². The maximum Gasteiger partial charge on any atom is 0.344 e. The maximum absolute atomic E-state index is 11.6. The first-order chi connectivity index (χ1) is 13.6. The lowest BCUT2D eigenvalue weighted by Crippen LogP contribution is -2.19. The normalized spacial score (nSPS) is 12.8. The first-order valence-corrected chi connectivity index (χ1v) is 13.9. The van der Waals surface area contributed by atoms with E-state index in [1.54, 1.807) is 0 Å². The molecule has 0 fully saturated rings. The molecule has 0 aromatic rings. The van der Waals surface area contributed by atoms with Crippen molar-refractivity contribution >= 4 is 21.2 Å². The second-order valence-corrected chi connectivity index (χ2v) is 11.3. The van der Waals surface area contributed by atoms with Gasteiger partial charge in [-0.25, -0.2) is 0 Å². The van der Waals surface area contributed by atoms with E-state index < -0.39 is 33.2 Å². The third kappa shape index (κ3) is 16.9. The van der Waals surface area contributed by atoms with Gasteiger partial charge in [-0.3, -0.25) is 13.9 Å². The second kappa shape index (κ2) is 16.2. The van der Waals surface area contributed by atoms with Crippen LogP contribution in [0.4, 0.5) is 0 Å². The Bertz CT molecular complexity index is 530. The molecule has 8 nitrogen and oxygen atoms in total. The molecule has 0 unspecified atom stereocenters. The Labute approximate surface area is 174 Å². The van der Waals surface area contributed by atoms with Gasteiger partial charge in [-0.15, -0.1) is 0 Å². The van der Waals surface area contributed by atoms with E-state index in [9.17, 15) is 13.9 Å². The highest BCUT2D eigenvalue weighted by Crippen LogP contribution is 2.59. The Hall–Kier alpha value is -0.490. The van der Waals surface area contributed by atoms with E-state index >= 15 is 0 Å². The van der Waals surface area contributed by atoms with Crippen LogP contribution in [0.3, 0.4) is 0 Å². The highest BCUT2D eigenvalue weighted by atomic mass is 31.2. The molecule has 0 heterocycles. The molecule has 0 aromatic heterocycles. The Balaban J connectivity index is 3.68. The molecule has 0 radical (unpaired) electrons. The Morgan fingerprint density at radius 3 is 1.72 bits per heavy atom. The summed E-state index contributed by atoms with van der Waals surface area (Å²) < 4.78 is 26.8. The van der Waals surface area contributed by atoms with Crippen LogP contribution in [0.15, 0.2) is 12.2 Å². The molecule has 0 aliphatic carbocycles. The minimum absolute atomic E-state index is 0.0584. The van der Waals surface area contributed by atoms with E-state index in [0.717, 1.165) is 32.1 Å². The number of rotatable bonds is 18. The summed E-state index contributed by atoms with van der Waals surface area (Å²) in [5.74, 6) is -0.712. The average molecular weight is 456 g/mol. The fourth-order valence-electron chi connectivity index (χ4n) is 2.79. The zero-order chi connectivity index (χ0) is 22.2. The summed E-state index contributed by atoms with van der Waals surface area (Å²) in [4.78, 5) is 47.4. The van der Waals surface area contributed by atoms with Gasteiger partial charge in [0.15, 0.2) is 5.40 Å². The van der Waals surface area contributed by atoms with E-state index in [-0.39, 0.29) is 6.42 Å². The van der Waals surface area contributed by atoms with Crippen LogP contribution in [0, 0.1) is 0 Å². The van der Waals surface area contributed by atoms with Crippen LogP contribution in [0.5, 0.6) is 0 Å². The molecule has 10 heteroatoms. The summed E-state index contributed by atoms with van der Waals surface area (Å²) in [7, 11) is -10.1. The summed E-state index contributed by atoms with van der Waals surface area (Å²) >= 11 is 0. The fourth-order valence-corrected chi connectivity index (χ4v) is 4.90. The zero-order valence-corrected chi connectivity index (χ0v) is 19.2. The standard InChI is InChI=1S/C19H38O8P2/c1-2-3-4-5-6-7-8-9-10-11-12-13-14-15-16-18(20)27-17-19(28(21,22)23)29(24,25)26/h9-10,19H,2-8,11-17H2,1H3,(H2,21,22,23)(H2,24,25,26). The number of unbranched alkanes of at least 4 members (excludes halogenated alkanes) is 10. The van der Waals surface area contributed by atoms with E-state index in [2.05, 4.69) is 23.8 Å². The van der Waals surface area contributed by atoms with Crippen LogP contribution in [0.2, 0.25) is 0 Å².